The highest BCUT2D eigenvalue weighted by molar-refractivity contribution is 8.12. The van der Waals surface area contributed by atoms with Crippen LogP contribution in [0.3, 0.4) is 0 Å². The zero-order valence-electron chi connectivity index (χ0n) is 5.87. The van der Waals surface area contributed by atoms with Crippen molar-refractivity contribution in [2.75, 3.05) is 26.4 Å². The van der Waals surface area contributed by atoms with Crippen molar-refractivity contribution in [1.82, 2.24) is 4.90 Å². The number of thioether (sulfide) groups is 1. The number of likely N-dealkylation sites (N-methyl/N-ethyl adjacent to an activating group) is 1. The first-order valence-electron chi connectivity index (χ1n) is 3.07. The zero-order chi connectivity index (χ0) is 6.69. The molecule has 0 aromatic heterocycles. The molecule has 1 rings (SSSR count). The molecule has 1 aliphatic rings. The molecular weight excluding hydrogens is 132 g/mol. The fourth-order valence-electron chi connectivity index (χ4n) is 0.848. The number of hydrogen-bond acceptors (Lipinski definition) is 3. The van der Waals surface area contributed by atoms with Crippen LogP contribution in [-0.2, 0) is 0 Å². The van der Waals surface area contributed by atoms with E-state index in [0.29, 0.717) is 6.04 Å². The summed E-state index contributed by atoms with van der Waals surface area (Å²) in [7, 11) is 4.16. The molecule has 9 heavy (non-hydrogen) atoms. The average Bonchev–Trinajstić information content (AvgIpc) is 2.15. The summed E-state index contributed by atoms with van der Waals surface area (Å²) in [6.07, 6.45) is 0. The van der Waals surface area contributed by atoms with Crippen molar-refractivity contribution in [3.05, 3.63) is 0 Å². The highest BCUT2D eigenvalue weighted by atomic mass is 32.2. The van der Waals surface area contributed by atoms with Gasteiger partial charge in [-0.1, -0.05) is 0 Å². The third-order valence-corrected chi connectivity index (χ3v) is 2.06. The third-order valence-electron chi connectivity index (χ3n) is 1.21. The van der Waals surface area contributed by atoms with Crippen LogP contribution in [-0.4, -0.2) is 42.9 Å². The molecular formula is C6H12N2S. The van der Waals surface area contributed by atoms with Gasteiger partial charge in [0.2, 0.25) is 0 Å². The van der Waals surface area contributed by atoms with Crippen LogP contribution in [0.1, 0.15) is 0 Å². The molecule has 0 radical (unpaired) electrons. The number of rotatable bonds is 2. The van der Waals surface area contributed by atoms with Gasteiger partial charge in [-0.05, 0) is 14.1 Å². The Morgan fingerprint density at radius 2 is 2.56 bits per heavy atom. The minimum absolute atomic E-state index is 0.546. The molecule has 1 aliphatic heterocycles. The van der Waals surface area contributed by atoms with Crippen molar-refractivity contribution < 1.29 is 0 Å². The van der Waals surface area contributed by atoms with E-state index in [1.165, 1.54) is 0 Å². The Balaban J connectivity index is 2.20. The maximum Gasteiger partial charge on any atom is 0.0726 e. The van der Waals surface area contributed by atoms with Gasteiger partial charge in [-0.2, -0.15) is 0 Å². The van der Waals surface area contributed by atoms with Crippen molar-refractivity contribution >= 4 is 17.3 Å². The summed E-state index contributed by atoms with van der Waals surface area (Å²) < 4.78 is 0. The minimum atomic E-state index is 0.546. The molecule has 52 valence electrons. The van der Waals surface area contributed by atoms with Crippen LogP contribution in [0.15, 0.2) is 4.99 Å². The average molecular weight is 144 g/mol. The molecule has 2 nitrogen and oxygen atoms in total. The van der Waals surface area contributed by atoms with Crippen LogP contribution in [0.25, 0.3) is 0 Å². The van der Waals surface area contributed by atoms with Crippen molar-refractivity contribution in [3.63, 3.8) is 0 Å². The summed E-state index contributed by atoms with van der Waals surface area (Å²) >= 11 is 1.81. The molecule has 0 aromatic rings. The van der Waals surface area contributed by atoms with Gasteiger partial charge < -0.3 is 4.90 Å². The molecule has 0 fully saturated rings. The Kier molecular flexibility index (Phi) is 2.54. The van der Waals surface area contributed by atoms with Gasteiger partial charge in [0.15, 0.2) is 0 Å². The molecule has 0 saturated heterocycles. The van der Waals surface area contributed by atoms with Gasteiger partial charge in [0.25, 0.3) is 0 Å². The second-order valence-corrected chi connectivity index (χ2v) is 3.38. The minimum Gasteiger partial charge on any atom is -0.307 e. The molecule has 0 saturated carbocycles. The third kappa shape index (κ3) is 2.37. The summed E-state index contributed by atoms with van der Waals surface area (Å²) in [5, 5.41) is 0. The molecule has 3 heteroatoms. The van der Waals surface area contributed by atoms with E-state index in [2.05, 4.69) is 24.0 Å². The molecule has 0 aliphatic carbocycles. The van der Waals surface area contributed by atoms with E-state index < -0.39 is 0 Å². The fraction of sp³-hybridized carbons (Fsp3) is 0.833. The van der Waals surface area contributed by atoms with Crippen LogP contribution in [0, 0.1) is 0 Å². The lowest BCUT2D eigenvalue weighted by Crippen LogP contribution is -2.24. The summed E-state index contributed by atoms with van der Waals surface area (Å²) in [4.78, 5) is 6.45. The molecule has 0 N–H and O–H groups in total. The maximum absolute atomic E-state index is 4.27. The maximum atomic E-state index is 4.27. The monoisotopic (exact) mass is 144 g/mol. The Hall–Kier alpha value is -0.0200. The number of nitrogens with zero attached hydrogens (tertiary/aromatic N) is 2. The summed E-state index contributed by atoms with van der Waals surface area (Å²) in [5.41, 5.74) is 1.95. The largest absolute Gasteiger partial charge is 0.307 e. The SMILES string of the molecule is CN(C)C[C@@H]1CSC=N1. The van der Waals surface area contributed by atoms with Crippen molar-refractivity contribution in [1.29, 1.82) is 0 Å². The van der Waals surface area contributed by atoms with E-state index in [1.54, 1.807) is 11.8 Å². The van der Waals surface area contributed by atoms with E-state index in [-0.39, 0.29) is 0 Å². The molecule has 1 heterocycles. The summed E-state index contributed by atoms with van der Waals surface area (Å²) in [6.45, 7) is 1.09. The Bertz CT molecular complexity index is 112. The summed E-state index contributed by atoms with van der Waals surface area (Å²) in [6, 6.07) is 0.546. The quantitative estimate of drug-likeness (QED) is 0.566. The smallest absolute Gasteiger partial charge is 0.0726 e. The van der Waals surface area contributed by atoms with E-state index in [9.17, 15) is 0 Å². The van der Waals surface area contributed by atoms with Crippen molar-refractivity contribution in [3.8, 4) is 0 Å². The highest BCUT2D eigenvalue weighted by Crippen LogP contribution is 2.10. The van der Waals surface area contributed by atoms with Crippen LogP contribution in [0.5, 0.6) is 0 Å². The van der Waals surface area contributed by atoms with Gasteiger partial charge >= 0.3 is 0 Å². The molecule has 1 atom stereocenters. The molecule has 0 bridgehead atoms. The van der Waals surface area contributed by atoms with Crippen molar-refractivity contribution in [2.45, 2.75) is 6.04 Å². The Morgan fingerprint density at radius 1 is 1.78 bits per heavy atom. The second kappa shape index (κ2) is 3.22. The molecule has 0 amide bonds. The van der Waals surface area contributed by atoms with Gasteiger partial charge in [-0.15, -0.1) is 11.8 Å². The standard InChI is InChI=1S/C6H12N2S/c1-8(2)3-6-4-9-5-7-6/h5-6H,3-4H2,1-2H3/t6-/m1/s1. The normalized spacial score (nSPS) is 25.9. The first-order chi connectivity index (χ1) is 4.29. The lowest BCUT2D eigenvalue weighted by molar-refractivity contribution is 0.387. The first-order valence-corrected chi connectivity index (χ1v) is 4.12. The van der Waals surface area contributed by atoms with E-state index in [4.69, 9.17) is 0 Å². The molecule has 0 spiro atoms. The predicted molar refractivity (Wildman–Crippen MR) is 43.3 cm³/mol. The summed E-state index contributed by atoms with van der Waals surface area (Å²) in [5.74, 6) is 1.16. The lowest BCUT2D eigenvalue weighted by Gasteiger charge is -2.12. The van der Waals surface area contributed by atoms with Gasteiger partial charge in [-0.3, -0.25) is 4.99 Å². The van der Waals surface area contributed by atoms with Gasteiger partial charge in [0.05, 0.1) is 11.6 Å². The second-order valence-electron chi connectivity index (χ2n) is 2.50. The van der Waals surface area contributed by atoms with E-state index in [1.807, 2.05) is 5.55 Å². The van der Waals surface area contributed by atoms with Crippen LogP contribution in [0.2, 0.25) is 0 Å². The lowest BCUT2D eigenvalue weighted by atomic mass is 10.3. The zero-order valence-corrected chi connectivity index (χ0v) is 6.69. The van der Waals surface area contributed by atoms with Crippen LogP contribution >= 0.6 is 11.8 Å². The van der Waals surface area contributed by atoms with Crippen LogP contribution < -0.4 is 0 Å². The first kappa shape index (κ1) is 7.09. The van der Waals surface area contributed by atoms with Gasteiger partial charge in [-0.25, -0.2) is 0 Å². The Labute approximate surface area is 60.3 Å². The topological polar surface area (TPSA) is 15.6 Å². The van der Waals surface area contributed by atoms with Gasteiger partial charge in [0, 0.05) is 12.3 Å². The van der Waals surface area contributed by atoms with E-state index >= 15 is 0 Å². The number of hydrogen-bond donors (Lipinski definition) is 0. The fourth-order valence-corrected chi connectivity index (χ4v) is 1.61. The van der Waals surface area contributed by atoms with E-state index in [0.717, 1.165) is 12.3 Å². The van der Waals surface area contributed by atoms with Gasteiger partial charge in [0.1, 0.15) is 0 Å². The van der Waals surface area contributed by atoms with Crippen LogP contribution in [0.4, 0.5) is 0 Å². The number of aliphatic imine (C=N–C) groups is 1. The van der Waals surface area contributed by atoms with Crippen molar-refractivity contribution in [2.24, 2.45) is 4.99 Å². The molecule has 0 unspecified atom stereocenters. The highest BCUT2D eigenvalue weighted by Gasteiger charge is 2.10. The molecule has 0 aromatic carbocycles. The predicted octanol–water partition coefficient (Wildman–Crippen LogP) is 0.692. The Morgan fingerprint density at radius 3 is 3.00 bits per heavy atom.